The third-order valence-electron chi connectivity index (χ3n) is 4.10. The van der Waals surface area contributed by atoms with E-state index in [2.05, 4.69) is 34.9 Å². The second-order valence-electron chi connectivity index (χ2n) is 6.06. The fourth-order valence-electron chi connectivity index (χ4n) is 2.88. The molecule has 0 aliphatic carbocycles. The Balaban J connectivity index is 1.90. The molecule has 0 amide bonds. The largest absolute Gasteiger partial charge is 0.387 e. The Labute approximate surface area is 122 Å². The zero-order chi connectivity index (χ0) is 14.5. The first kappa shape index (κ1) is 15.3. The zero-order valence-electron chi connectivity index (χ0n) is 12.9. The minimum absolute atomic E-state index is 0.435. The first-order valence-electron chi connectivity index (χ1n) is 7.63. The van der Waals surface area contributed by atoms with Gasteiger partial charge in [-0.25, -0.2) is 0 Å². The molecule has 0 bridgehead atoms. The molecule has 0 spiro atoms. The first-order valence-corrected chi connectivity index (χ1v) is 7.63. The summed E-state index contributed by atoms with van der Waals surface area (Å²) in [5, 5.41) is 9.77. The molecular weight excluding hydrogens is 250 g/mol. The van der Waals surface area contributed by atoms with Crippen molar-refractivity contribution in [1.82, 2.24) is 9.88 Å². The third kappa shape index (κ3) is 3.93. The lowest BCUT2D eigenvalue weighted by molar-refractivity contribution is 0.169. The van der Waals surface area contributed by atoms with Crippen molar-refractivity contribution >= 4 is 5.69 Å². The van der Waals surface area contributed by atoms with Crippen LogP contribution in [0.15, 0.2) is 18.3 Å². The standard InChI is InChI=1S/C16H27N3O/c1-4-16(20)15-6-5-14(11-17-15)19-9-7-13(8-10-19)12-18(2)3/h5-6,11,13,16,20H,4,7-10,12H2,1-3H3. The predicted octanol–water partition coefficient (Wildman–Crippen LogP) is 2.30. The summed E-state index contributed by atoms with van der Waals surface area (Å²) in [6.45, 7) is 5.37. The second-order valence-corrected chi connectivity index (χ2v) is 6.06. The average molecular weight is 277 g/mol. The van der Waals surface area contributed by atoms with Gasteiger partial charge in [-0.2, -0.15) is 0 Å². The van der Waals surface area contributed by atoms with E-state index in [4.69, 9.17) is 0 Å². The summed E-state index contributed by atoms with van der Waals surface area (Å²) in [7, 11) is 4.29. The van der Waals surface area contributed by atoms with E-state index in [1.165, 1.54) is 25.1 Å². The summed E-state index contributed by atoms with van der Waals surface area (Å²) in [6, 6.07) is 4.04. The van der Waals surface area contributed by atoms with Crippen LogP contribution in [0.4, 0.5) is 5.69 Å². The maximum absolute atomic E-state index is 9.77. The minimum atomic E-state index is -0.435. The topological polar surface area (TPSA) is 39.6 Å². The lowest BCUT2D eigenvalue weighted by Gasteiger charge is -2.34. The van der Waals surface area contributed by atoms with Crippen molar-refractivity contribution in [2.24, 2.45) is 5.92 Å². The van der Waals surface area contributed by atoms with Gasteiger partial charge in [0.25, 0.3) is 0 Å². The molecule has 4 nitrogen and oxygen atoms in total. The van der Waals surface area contributed by atoms with Gasteiger partial charge in [0.05, 0.1) is 23.7 Å². The second kappa shape index (κ2) is 7.04. The van der Waals surface area contributed by atoms with Gasteiger partial charge in [-0.05, 0) is 51.4 Å². The molecule has 0 aromatic carbocycles. The molecule has 1 aliphatic rings. The van der Waals surface area contributed by atoms with Crippen molar-refractivity contribution in [3.8, 4) is 0 Å². The van der Waals surface area contributed by atoms with E-state index in [-0.39, 0.29) is 0 Å². The van der Waals surface area contributed by atoms with Crippen LogP contribution in [0.5, 0.6) is 0 Å². The van der Waals surface area contributed by atoms with Crippen LogP contribution in [0.2, 0.25) is 0 Å². The zero-order valence-corrected chi connectivity index (χ0v) is 12.9. The van der Waals surface area contributed by atoms with Crippen LogP contribution < -0.4 is 4.90 Å². The number of aromatic nitrogens is 1. The summed E-state index contributed by atoms with van der Waals surface area (Å²) in [6.07, 6.45) is 4.67. The van der Waals surface area contributed by atoms with Crippen molar-refractivity contribution in [2.45, 2.75) is 32.3 Å². The van der Waals surface area contributed by atoms with E-state index < -0.39 is 6.10 Å². The molecule has 1 saturated heterocycles. The van der Waals surface area contributed by atoms with E-state index >= 15 is 0 Å². The molecule has 1 N–H and O–H groups in total. The number of piperidine rings is 1. The van der Waals surface area contributed by atoms with Crippen LogP contribution in [0, 0.1) is 5.92 Å². The van der Waals surface area contributed by atoms with E-state index in [0.717, 1.165) is 24.7 Å². The molecule has 1 aromatic rings. The Hall–Kier alpha value is -1.13. The molecule has 1 atom stereocenters. The van der Waals surface area contributed by atoms with Gasteiger partial charge < -0.3 is 14.9 Å². The molecule has 2 heterocycles. The fraction of sp³-hybridized carbons (Fsp3) is 0.688. The number of hydrogen-bond donors (Lipinski definition) is 1. The molecule has 112 valence electrons. The molecule has 0 radical (unpaired) electrons. The maximum atomic E-state index is 9.77. The lowest BCUT2D eigenvalue weighted by Crippen LogP contribution is -2.37. The summed E-state index contributed by atoms with van der Waals surface area (Å²) in [5.74, 6) is 0.815. The van der Waals surface area contributed by atoms with E-state index in [1.54, 1.807) is 0 Å². The number of aliphatic hydroxyl groups is 1. The smallest absolute Gasteiger partial charge is 0.0957 e. The molecule has 1 fully saturated rings. The van der Waals surface area contributed by atoms with Gasteiger partial charge in [0, 0.05) is 19.6 Å². The highest BCUT2D eigenvalue weighted by molar-refractivity contribution is 5.45. The number of anilines is 1. The van der Waals surface area contributed by atoms with Gasteiger partial charge in [0.2, 0.25) is 0 Å². The van der Waals surface area contributed by atoms with Gasteiger partial charge in [-0.1, -0.05) is 6.92 Å². The van der Waals surface area contributed by atoms with Crippen molar-refractivity contribution in [3.63, 3.8) is 0 Å². The first-order chi connectivity index (χ1) is 9.60. The van der Waals surface area contributed by atoms with Gasteiger partial charge in [0.1, 0.15) is 0 Å². The lowest BCUT2D eigenvalue weighted by atomic mass is 9.96. The highest BCUT2D eigenvalue weighted by atomic mass is 16.3. The van der Waals surface area contributed by atoms with Gasteiger partial charge >= 0.3 is 0 Å². The van der Waals surface area contributed by atoms with E-state index in [1.807, 2.05) is 19.2 Å². The van der Waals surface area contributed by atoms with Crippen LogP contribution in [0.3, 0.4) is 0 Å². The Kier molecular flexibility index (Phi) is 5.38. The summed E-state index contributed by atoms with van der Waals surface area (Å²) >= 11 is 0. The summed E-state index contributed by atoms with van der Waals surface area (Å²) in [5.41, 5.74) is 1.96. The Morgan fingerprint density at radius 1 is 1.35 bits per heavy atom. The third-order valence-corrected chi connectivity index (χ3v) is 4.10. The monoisotopic (exact) mass is 277 g/mol. The number of nitrogens with zero attached hydrogens (tertiary/aromatic N) is 3. The molecular formula is C16H27N3O. The van der Waals surface area contributed by atoms with Crippen LogP contribution in [0.1, 0.15) is 38.0 Å². The SMILES string of the molecule is CCC(O)c1ccc(N2CCC(CN(C)C)CC2)cn1. The number of aliphatic hydroxyl groups excluding tert-OH is 1. The molecule has 2 rings (SSSR count). The Morgan fingerprint density at radius 2 is 2.05 bits per heavy atom. The van der Waals surface area contributed by atoms with Crippen LogP contribution in [-0.4, -0.2) is 48.7 Å². The highest BCUT2D eigenvalue weighted by Gasteiger charge is 2.20. The van der Waals surface area contributed by atoms with E-state index in [9.17, 15) is 5.11 Å². The van der Waals surface area contributed by atoms with Crippen molar-refractivity contribution in [3.05, 3.63) is 24.0 Å². The van der Waals surface area contributed by atoms with Crippen molar-refractivity contribution in [1.29, 1.82) is 0 Å². The Morgan fingerprint density at radius 3 is 2.55 bits per heavy atom. The predicted molar refractivity (Wildman–Crippen MR) is 83.0 cm³/mol. The molecule has 4 heteroatoms. The van der Waals surface area contributed by atoms with Gasteiger partial charge in [0.15, 0.2) is 0 Å². The molecule has 20 heavy (non-hydrogen) atoms. The molecule has 1 unspecified atom stereocenters. The quantitative estimate of drug-likeness (QED) is 0.896. The van der Waals surface area contributed by atoms with Crippen LogP contribution >= 0.6 is 0 Å². The van der Waals surface area contributed by atoms with Gasteiger partial charge in [-0.3, -0.25) is 4.98 Å². The summed E-state index contributed by atoms with van der Waals surface area (Å²) in [4.78, 5) is 9.08. The number of pyridine rings is 1. The maximum Gasteiger partial charge on any atom is 0.0957 e. The number of hydrogen-bond acceptors (Lipinski definition) is 4. The Bertz CT molecular complexity index is 397. The average Bonchev–Trinajstić information content (AvgIpc) is 2.47. The van der Waals surface area contributed by atoms with Crippen LogP contribution in [-0.2, 0) is 0 Å². The highest BCUT2D eigenvalue weighted by Crippen LogP contribution is 2.24. The van der Waals surface area contributed by atoms with Gasteiger partial charge in [-0.15, -0.1) is 0 Å². The number of rotatable bonds is 5. The molecule has 1 aliphatic heterocycles. The molecule has 0 saturated carbocycles. The minimum Gasteiger partial charge on any atom is -0.387 e. The summed E-state index contributed by atoms with van der Waals surface area (Å²) < 4.78 is 0. The normalized spacial score (nSPS) is 18.6. The van der Waals surface area contributed by atoms with Crippen LogP contribution in [0.25, 0.3) is 0 Å². The fourth-order valence-corrected chi connectivity index (χ4v) is 2.88. The van der Waals surface area contributed by atoms with Crippen molar-refractivity contribution < 1.29 is 5.11 Å². The van der Waals surface area contributed by atoms with Crippen molar-refractivity contribution in [2.75, 3.05) is 38.6 Å². The van der Waals surface area contributed by atoms with E-state index in [0.29, 0.717) is 6.42 Å². The molecule has 1 aromatic heterocycles.